The number of benzene rings is 2. The Balaban J connectivity index is 1.50. The summed E-state index contributed by atoms with van der Waals surface area (Å²) >= 11 is 0. The first kappa shape index (κ1) is 21.3. The van der Waals surface area contributed by atoms with Crippen molar-refractivity contribution in [3.63, 3.8) is 0 Å². The molecular weight excluding hydrogens is 418 g/mol. The lowest BCUT2D eigenvalue weighted by atomic mass is 10.0. The molecule has 1 fully saturated rings. The number of hydrogen-bond acceptors (Lipinski definition) is 6. The Hall–Kier alpha value is -2.98. The van der Waals surface area contributed by atoms with Crippen LogP contribution in [-0.2, 0) is 14.8 Å². The van der Waals surface area contributed by atoms with Crippen LogP contribution in [0, 0.1) is 12.8 Å². The van der Waals surface area contributed by atoms with E-state index in [-0.39, 0.29) is 17.4 Å². The molecule has 1 aliphatic heterocycles. The number of nitrogens with one attached hydrogen (secondary N) is 1. The van der Waals surface area contributed by atoms with Crippen LogP contribution in [0.25, 0.3) is 11.0 Å². The van der Waals surface area contributed by atoms with Crippen molar-refractivity contribution in [2.45, 2.75) is 31.6 Å². The zero-order valence-electron chi connectivity index (χ0n) is 17.5. The predicted molar refractivity (Wildman–Crippen MR) is 116 cm³/mol. The maximum Gasteiger partial charge on any atom is 0.265 e. The van der Waals surface area contributed by atoms with E-state index in [1.165, 1.54) is 16.4 Å². The highest BCUT2D eigenvalue weighted by Gasteiger charge is 2.29. The summed E-state index contributed by atoms with van der Waals surface area (Å²) in [6.45, 7) is 4.71. The van der Waals surface area contributed by atoms with Crippen LogP contribution < -0.4 is 10.2 Å². The average Bonchev–Trinajstić information content (AvgIpc) is 3.14. The van der Waals surface area contributed by atoms with E-state index >= 15 is 0 Å². The second-order valence-electron chi connectivity index (χ2n) is 7.91. The molecule has 1 unspecified atom stereocenters. The fraction of sp³-hybridized carbons (Fsp3) is 0.381. The van der Waals surface area contributed by atoms with Crippen LogP contribution in [0.15, 0.2) is 47.4 Å². The lowest BCUT2D eigenvalue weighted by Gasteiger charge is -2.30. The van der Waals surface area contributed by atoms with Gasteiger partial charge in [0.1, 0.15) is 11.0 Å². The van der Waals surface area contributed by atoms with Crippen LogP contribution in [0.5, 0.6) is 0 Å². The molecule has 9 nitrogen and oxygen atoms in total. The largest absolute Gasteiger partial charge is 0.385 e. The number of aryl methyl sites for hydroxylation is 1. The maximum absolute atomic E-state index is 13.1. The minimum absolute atomic E-state index is 0.158. The summed E-state index contributed by atoms with van der Waals surface area (Å²) in [6.07, 6.45) is 1.88. The molecule has 0 saturated carbocycles. The third-order valence-corrected chi connectivity index (χ3v) is 7.13. The second-order valence-corrected chi connectivity index (χ2v) is 9.85. The molecule has 164 valence electrons. The summed E-state index contributed by atoms with van der Waals surface area (Å²) in [5, 5.41) is 10.6. The van der Waals surface area contributed by atoms with Crippen LogP contribution in [0.4, 0.5) is 5.69 Å². The van der Waals surface area contributed by atoms with E-state index in [1.807, 2.05) is 25.1 Å². The van der Waals surface area contributed by atoms with Crippen LogP contribution in [0.3, 0.4) is 0 Å². The molecular formula is C21H25N5O4S. The summed E-state index contributed by atoms with van der Waals surface area (Å²) in [5.74, 6) is -0.0324. The van der Waals surface area contributed by atoms with E-state index in [2.05, 4.69) is 22.6 Å². The minimum atomic E-state index is -3.63. The highest BCUT2D eigenvalue weighted by molar-refractivity contribution is 7.89. The molecule has 31 heavy (non-hydrogen) atoms. The number of carbonyl (C=O) groups is 1. The van der Waals surface area contributed by atoms with E-state index < -0.39 is 10.0 Å². The van der Waals surface area contributed by atoms with Gasteiger partial charge in [-0.05, 0) is 66.8 Å². The van der Waals surface area contributed by atoms with Gasteiger partial charge in [0.25, 0.3) is 5.91 Å². The first-order chi connectivity index (χ1) is 14.8. The highest BCUT2D eigenvalue weighted by Crippen LogP contribution is 2.25. The maximum atomic E-state index is 13.1. The first-order valence-corrected chi connectivity index (χ1v) is 11.6. The van der Waals surface area contributed by atoms with E-state index in [1.54, 1.807) is 12.1 Å². The number of sulfonamides is 1. The van der Waals surface area contributed by atoms with E-state index in [9.17, 15) is 13.2 Å². The quantitative estimate of drug-likeness (QED) is 0.626. The number of hydrogen-bond donors (Lipinski definition) is 1. The van der Waals surface area contributed by atoms with Crippen molar-refractivity contribution in [2.75, 3.05) is 25.0 Å². The first-order valence-electron chi connectivity index (χ1n) is 10.2. The van der Waals surface area contributed by atoms with Gasteiger partial charge in [-0.2, -0.15) is 4.31 Å². The van der Waals surface area contributed by atoms with E-state index in [0.717, 1.165) is 23.3 Å². The SMILES string of the molecule is Cc1cccc(NC(=O)COn2nnc3ccc(S(=O)(=O)N4CCCC(C)C4)cc32)c1. The summed E-state index contributed by atoms with van der Waals surface area (Å²) in [4.78, 5) is 18.9. The van der Waals surface area contributed by atoms with Gasteiger partial charge >= 0.3 is 0 Å². The molecule has 1 saturated heterocycles. The van der Waals surface area contributed by atoms with Gasteiger partial charge in [0, 0.05) is 18.8 Å². The number of piperidine rings is 1. The fourth-order valence-corrected chi connectivity index (χ4v) is 5.31. The van der Waals surface area contributed by atoms with Crippen molar-refractivity contribution >= 4 is 32.7 Å². The smallest absolute Gasteiger partial charge is 0.265 e. The van der Waals surface area contributed by atoms with Crippen molar-refractivity contribution < 1.29 is 18.0 Å². The molecule has 1 N–H and O–H groups in total. The number of nitrogens with zero attached hydrogens (tertiary/aromatic N) is 4. The van der Waals surface area contributed by atoms with Crippen molar-refractivity contribution in [1.29, 1.82) is 0 Å². The van der Waals surface area contributed by atoms with Gasteiger partial charge in [0.15, 0.2) is 6.61 Å². The zero-order valence-corrected chi connectivity index (χ0v) is 18.3. The third kappa shape index (κ3) is 4.70. The van der Waals surface area contributed by atoms with Crippen molar-refractivity contribution in [1.82, 2.24) is 19.5 Å². The lowest BCUT2D eigenvalue weighted by Crippen LogP contribution is -2.39. The molecule has 3 aromatic rings. The van der Waals surface area contributed by atoms with Crippen LogP contribution in [-0.4, -0.2) is 53.5 Å². The lowest BCUT2D eigenvalue weighted by molar-refractivity contribution is -0.121. The monoisotopic (exact) mass is 443 g/mol. The van der Waals surface area contributed by atoms with Gasteiger partial charge < -0.3 is 10.2 Å². The number of rotatable bonds is 6. The van der Waals surface area contributed by atoms with Gasteiger partial charge in [-0.1, -0.05) is 23.9 Å². The number of carbonyl (C=O) groups excluding carboxylic acids is 1. The molecule has 2 heterocycles. The van der Waals surface area contributed by atoms with Gasteiger partial charge in [-0.25, -0.2) is 8.42 Å². The Morgan fingerprint density at radius 1 is 1.26 bits per heavy atom. The van der Waals surface area contributed by atoms with Crippen LogP contribution in [0.2, 0.25) is 0 Å². The molecule has 0 radical (unpaired) electrons. The fourth-order valence-electron chi connectivity index (χ4n) is 3.69. The third-order valence-electron chi connectivity index (χ3n) is 5.26. The molecule has 2 aromatic carbocycles. The van der Waals surface area contributed by atoms with Gasteiger partial charge in [-0.15, -0.1) is 5.10 Å². The van der Waals surface area contributed by atoms with Crippen LogP contribution >= 0.6 is 0 Å². The predicted octanol–water partition coefficient (Wildman–Crippen LogP) is 2.23. The second kappa shape index (κ2) is 8.64. The molecule has 1 aliphatic rings. The molecule has 0 bridgehead atoms. The minimum Gasteiger partial charge on any atom is -0.385 e. The number of anilines is 1. The van der Waals surface area contributed by atoms with Crippen molar-refractivity contribution in [3.8, 4) is 0 Å². The summed E-state index contributed by atoms with van der Waals surface area (Å²) in [7, 11) is -3.63. The molecule has 0 aliphatic carbocycles. The summed E-state index contributed by atoms with van der Waals surface area (Å²) < 4.78 is 27.7. The van der Waals surface area contributed by atoms with Gasteiger partial charge in [-0.3, -0.25) is 4.79 Å². The number of aromatic nitrogens is 3. The Kier molecular flexibility index (Phi) is 5.92. The number of fused-ring (bicyclic) bond motifs is 1. The molecule has 1 aromatic heterocycles. The van der Waals surface area contributed by atoms with Crippen LogP contribution in [0.1, 0.15) is 25.3 Å². The Labute approximate surface area is 181 Å². The van der Waals surface area contributed by atoms with Gasteiger partial charge in [0.05, 0.1) is 4.90 Å². The Morgan fingerprint density at radius 2 is 2.10 bits per heavy atom. The highest BCUT2D eigenvalue weighted by atomic mass is 32.2. The standard InChI is InChI=1S/C21H25N5O4S/c1-15-5-3-7-17(11-15)22-21(27)14-30-26-20-12-18(8-9-19(20)23-24-26)31(28,29)25-10-4-6-16(2)13-25/h3,5,7-9,11-12,16H,4,6,10,13-14H2,1-2H3,(H,22,27). The average molecular weight is 444 g/mol. The molecule has 1 amide bonds. The Morgan fingerprint density at radius 3 is 2.87 bits per heavy atom. The van der Waals surface area contributed by atoms with E-state index in [0.29, 0.717) is 35.7 Å². The molecule has 4 rings (SSSR count). The summed E-state index contributed by atoms with van der Waals surface area (Å²) in [5.41, 5.74) is 2.55. The molecule has 0 spiro atoms. The molecule has 10 heteroatoms. The topological polar surface area (TPSA) is 106 Å². The van der Waals surface area contributed by atoms with Gasteiger partial charge in [0.2, 0.25) is 10.0 Å². The van der Waals surface area contributed by atoms with Crippen molar-refractivity contribution in [2.24, 2.45) is 5.92 Å². The zero-order chi connectivity index (χ0) is 22.0. The van der Waals surface area contributed by atoms with E-state index in [4.69, 9.17) is 4.84 Å². The number of amides is 1. The molecule has 1 atom stereocenters. The Bertz CT molecular complexity index is 1210. The van der Waals surface area contributed by atoms with Crippen molar-refractivity contribution in [3.05, 3.63) is 48.0 Å². The summed E-state index contributed by atoms with van der Waals surface area (Å²) in [6, 6.07) is 12.0. The normalized spacial score (nSPS) is 17.5.